The minimum Gasteiger partial charge on any atom is -0.507 e. The number of piperazine rings is 1. The maximum absolute atomic E-state index is 10.6. The summed E-state index contributed by atoms with van der Waals surface area (Å²) in [5.74, 6) is 0.288. The van der Waals surface area contributed by atoms with E-state index in [2.05, 4.69) is 37.7 Å². The van der Waals surface area contributed by atoms with Crippen molar-refractivity contribution in [1.29, 1.82) is 0 Å². The molecular weight excluding hydrogens is 444 g/mol. The molecule has 7 nitrogen and oxygen atoms in total. The maximum atomic E-state index is 10.6. The second kappa shape index (κ2) is 10.3. The predicted molar refractivity (Wildman–Crippen MR) is 140 cm³/mol. The largest absolute Gasteiger partial charge is 0.507 e. The van der Waals surface area contributed by atoms with Gasteiger partial charge < -0.3 is 15.7 Å². The number of anilines is 2. The summed E-state index contributed by atoms with van der Waals surface area (Å²) in [6, 6.07) is 12.3. The van der Waals surface area contributed by atoms with E-state index < -0.39 is 0 Å². The van der Waals surface area contributed by atoms with Crippen LogP contribution < -0.4 is 10.6 Å². The fourth-order valence-electron chi connectivity index (χ4n) is 5.24. The van der Waals surface area contributed by atoms with Crippen LogP contribution in [-0.2, 0) is 12.8 Å². The summed E-state index contributed by atoms with van der Waals surface area (Å²) in [6.45, 7) is 9.58. The summed E-state index contributed by atoms with van der Waals surface area (Å²) in [5, 5.41) is 11.3. The highest BCUT2D eigenvalue weighted by Crippen LogP contribution is 2.32. The molecule has 1 aliphatic carbocycles. The molecule has 1 atom stereocenters. The smallest absolute Gasteiger partial charge is 0.180 e. The van der Waals surface area contributed by atoms with Crippen LogP contribution in [-0.4, -0.2) is 76.7 Å². The van der Waals surface area contributed by atoms with Crippen LogP contribution in [0.2, 0.25) is 0 Å². The van der Waals surface area contributed by atoms with E-state index in [9.17, 15) is 5.11 Å². The van der Waals surface area contributed by atoms with Crippen LogP contribution in [0.4, 0.5) is 10.8 Å². The third-order valence-corrected chi connectivity index (χ3v) is 8.16. The van der Waals surface area contributed by atoms with Gasteiger partial charge in [0.2, 0.25) is 0 Å². The lowest BCUT2D eigenvalue weighted by Gasteiger charge is -2.38. The second-order valence-corrected chi connectivity index (χ2v) is 10.3. The van der Waals surface area contributed by atoms with Gasteiger partial charge in [-0.15, -0.1) is 11.3 Å². The van der Waals surface area contributed by atoms with Crippen LogP contribution in [0, 0.1) is 0 Å². The summed E-state index contributed by atoms with van der Waals surface area (Å²) in [4.78, 5) is 17.8. The Hall–Kier alpha value is -2.68. The molecule has 1 fully saturated rings. The van der Waals surface area contributed by atoms with Gasteiger partial charge in [-0.3, -0.25) is 14.8 Å². The number of aromatic nitrogens is 2. The van der Waals surface area contributed by atoms with Crippen molar-refractivity contribution in [2.75, 3.05) is 56.4 Å². The molecule has 5 rings (SSSR count). The van der Waals surface area contributed by atoms with Crippen LogP contribution >= 0.6 is 11.3 Å². The Morgan fingerprint density at radius 3 is 2.76 bits per heavy atom. The van der Waals surface area contributed by atoms with Crippen molar-refractivity contribution < 1.29 is 5.11 Å². The normalized spacial score (nSPS) is 18.9. The summed E-state index contributed by atoms with van der Waals surface area (Å²) < 4.78 is 0. The van der Waals surface area contributed by atoms with Gasteiger partial charge in [-0.25, -0.2) is 4.98 Å². The van der Waals surface area contributed by atoms with Gasteiger partial charge in [0.1, 0.15) is 5.75 Å². The summed E-state index contributed by atoms with van der Waals surface area (Å²) in [7, 11) is 0. The van der Waals surface area contributed by atoms with Crippen molar-refractivity contribution in [3.63, 3.8) is 0 Å². The van der Waals surface area contributed by atoms with Gasteiger partial charge in [0.05, 0.1) is 11.4 Å². The number of hydrogen-bond donors (Lipinski definition) is 2. The fraction of sp³-hybridized carbons (Fsp3) is 0.462. The van der Waals surface area contributed by atoms with Gasteiger partial charge in [-0.05, 0) is 50.1 Å². The lowest BCUT2D eigenvalue weighted by Crippen LogP contribution is -2.50. The van der Waals surface area contributed by atoms with E-state index in [4.69, 9.17) is 5.73 Å². The molecule has 3 heterocycles. The number of phenols is 1. The third kappa shape index (κ3) is 5.04. The third-order valence-electron chi connectivity index (χ3n) is 7.22. The number of aryl methyl sites for hydroxylation is 1. The summed E-state index contributed by atoms with van der Waals surface area (Å²) in [6.07, 6.45) is 5.07. The van der Waals surface area contributed by atoms with Crippen LogP contribution in [0.3, 0.4) is 0 Å². The minimum atomic E-state index is 0.288. The van der Waals surface area contributed by atoms with Crippen molar-refractivity contribution in [3.8, 4) is 17.0 Å². The molecule has 0 spiro atoms. The maximum Gasteiger partial charge on any atom is 0.180 e. The molecule has 0 amide bonds. The Bertz CT molecular complexity index is 1100. The second-order valence-electron chi connectivity index (χ2n) is 9.19. The van der Waals surface area contributed by atoms with Crippen molar-refractivity contribution in [3.05, 3.63) is 53.2 Å². The standard InChI is InChI=1S/C26H34N6OS/c1-2-31(20-7-9-23-25(18-20)34-26(27)29-23)14-11-30-12-15-32(16-13-30)19-6-8-21(24(33)17-19)22-5-3-4-10-28-22/h3-6,8,10,17,20,33H,2,7,9,11-16,18H2,1H3,(H2,27,29). The number of fused-ring (bicyclic) bond motifs is 1. The Labute approximate surface area is 205 Å². The van der Waals surface area contributed by atoms with E-state index in [-0.39, 0.29) is 5.75 Å². The number of phenolic OH excluding ortho intramolecular Hbond substituents is 1. The molecule has 1 unspecified atom stereocenters. The number of nitrogens with zero attached hydrogens (tertiary/aromatic N) is 5. The highest BCUT2D eigenvalue weighted by Gasteiger charge is 2.27. The van der Waals surface area contributed by atoms with Crippen LogP contribution in [0.5, 0.6) is 5.75 Å². The molecule has 1 aromatic carbocycles. The first-order chi connectivity index (χ1) is 16.6. The number of thiazole rings is 1. The quantitative estimate of drug-likeness (QED) is 0.538. The Balaban J connectivity index is 1.12. The van der Waals surface area contributed by atoms with E-state index in [1.54, 1.807) is 17.5 Å². The zero-order valence-electron chi connectivity index (χ0n) is 19.9. The zero-order valence-corrected chi connectivity index (χ0v) is 20.7. The van der Waals surface area contributed by atoms with Crippen molar-refractivity contribution in [1.82, 2.24) is 19.8 Å². The van der Waals surface area contributed by atoms with Crippen LogP contribution in [0.25, 0.3) is 11.3 Å². The molecule has 2 aromatic heterocycles. The Kier molecular flexibility index (Phi) is 6.99. The highest BCUT2D eigenvalue weighted by molar-refractivity contribution is 7.15. The van der Waals surface area contributed by atoms with Gasteiger partial charge in [0.25, 0.3) is 0 Å². The molecule has 3 aromatic rings. The molecule has 0 radical (unpaired) electrons. The number of hydrogen-bond acceptors (Lipinski definition) is 8. The molecular formula is C26H34N6OS. The number of likely N-dealkylation sites (N-methyl/N-ethyl adjacent to an activating group) is 1. The zero-order chi connectivity index (χ0) is 23.5. The Morgan fingerprint density at radius 1 is 1.18 bits per heavy atom. The number of benzene rings is 1. The lowest BCUT2D eigenvalue weighted by atomic mass is 9.96. The van der Waals surface area contributed by atoms with E-state index in [0.29, 0.717) is 11.2 Å². The SMILES string of the molecule is CCN(CCN1CCN(c2ccc(-c3ccccn3)c(O)c2)CC1)C1CCc2nc(N)sc2C1. The topological polar surface area (TPSA) is 81.8 Å². The fourth-order valence-corrected chi connectivity index (χ4v) is 6.19. The summed E-state index contributed by atoms with van der Waals surface area (Å²) >= 11 is 1.67. The van der Waals surface area contributed by atoms with Crippen molar-refractivity contribution in [2.24, 2.45) is 0 Å². The van der Waals surface area contributed by atoms with Gasteiger partial charge in [0.15, 0.2) is 5.13 Å². The van der Waals surface area contributed by atoms with E-state index in [0.717, 1.165) is 75.6 Å². The molecule has 2 aliphatic rings. The molecule has 3 N–H and O–H groups in total. The van der Waals surface area contributed by atoms with Gasteiger partial charge in [-0.1, -0.05) is 13.0 Å². The van der Waals surface area contributed by atoms with Crippen molar-refractivity contribution in [2.45, 2.75) is 32.2 Å². The first-order valence-corrected chi connectivity index (χ1v) is 13.1. The number of pyridine rings is 1. The van der Waals surface area contributed by atoms with Crippen molar-refractivity contribution >= 4 is 22.2 Å². The van der Waals surface area contributed by atoms with Gasteiger partial charge >= 0.3 is 0 Å². The highest BCUT2D eigenvalue weighted by atomic mass is 32.1. The number of nitrogens with two attached hydrogens (primary N) is 1. The first-order valence-electron chi connectivity index (χ1n) is 12.3. The molecule has 34 heavy (non-hydrogen) atoms. The van der Waals surface area contributed by atoms with E-state index in [1.165, 1.54) is 17.0 Å². The average molecular weight is 479 g/mol. The molecule has 0 saturated carbocycles. The van der Waals surface area contributed by atoms with Gasteiger partial charge in [0, 0.05) is 73.7 Å². The van der Waals surface area contributed by atoms with Gasteiger partial charge in [-0.2, -0.15) is 0 Å². The average Bonchev–Trinajstić information content (AvgIpc) is 3.24. The molecule has 1 saturated heterocycles. The molecule has 8 heteroatoms. The lowest BCUT2D eigenvalue weighted by molar-refractivity contribution is 0.152. The predicted octanol–water partition coefficient (Wildman–Crippen LogP) is 3.49. The Morgan fingerprint density at radius 2 is 2.03 bits per heavy atom. The van der Waals surface area contributed by atoms with E-state index in [1.807, 2.05) is 30.3 Å². The number of aromatic hydroxyl groups is 1. The molecule has 180 valence electrons. The van der Waals surface area contributed by atoms with Crippen LogP contribution in [0.15, 0.2) is 42.6 Å². The summed E-state index contributed by atoms with van der Waals surface area (Å²) in [5.41, 5.74) is 9.81. The number of nitrogen functional groups attached to an aromatic ring is 1. The van der Waals surface area contributed by atoms with E-state index >= 15 is 0 Å². The van der Waals surface area contributed by atoms with Crippen LogP contribution in [0.1, 0.15) is 23.9 Å². The molecule has 1 aliphatic heterocycles. The monoisotopic (exact) mass is 478 g/mol. The first kappa shape index (κ1) is 23.1. The minimum absolute atomic E-state index is 0.288. The number of rotatable bonds is 7. The molecule has 0 bridgehead atoms.